The number of halogens is 2. The van der Waals surface area contributed by atoms with Gasteiger partial charge in [-0.05, 0) is 30.5 Å². The lowest BCUT2D eigenvalue weighted by Gasteiger charge is -2.43. The van der Waals surface area contributed by atoms with Gasteiger partial charge in [0, 0.05) is 29.6 Å². The van der Waals surface area contributed by atoms with Crippen LogP contribution in [0.1, 0.15) is 27.2 Å². The van der Waals surface area contributed by atoms with E-state index in [0.29, 0.717) is 18.0 Å². The molecule has 0 aliphatic carbocycles. The second kappa shape index (κ2) is 6.23. The molecule has 1 saturated heterocycles. The summed E-state index contributed by atoms with van der Waals surface area (Å²) in [4.78, 5) is 2.23. The highest BCUT2D eigenvalue weighted by atomic mass is 79.9. The lowest BCUT2D eigenvalue weighted by atomic mass is 9.97. The summed E-state index contributed by atoms with van der Waals surface area (Å²) < 4.78 is 15.0. The molecule has 2 rings (SSSR count). The van der Waals surface area contributed by atoms with Gasteiger partial charge in [0.25, 0.3) is 0 Å². The fraction of sp³-hybridized carbons (Fsp3) is 0.600. The molecule has 106 valence electrons. The van der Waals surface area contributed by atoms with Gasteiger partial charge in [-0.15, -0.1) is 0 Å². The topological polar surface area (TPSA) is 15.3 Å². The molecule has 0 radical (unpaired) electrons. The van der Waals surface area contributed by atoms with E-state index in [9.17, 15) is 4.39 Å². The van der Waals surface area contributed by atoms with Gasteiger partial charge in [0.1, 0.15) is 5.82 Å². The molecule has 1 aromatic rings. The molecule has 19 heavy (non-hydrogen) atoms. The zero-order valence-electron chi connectivity index (χ0n) is 11.8. The van der Waals surface area contributed by atoms with E-state index in [2.05, 4.69) is 46.9 Å². The second-order valence-corrected chi connectivity index (χ2v) is 6.48. The van der Waals surface area contributed by atoms with Gasteiger partial charge in [0.2, 0.25) is 0 Å². The number of nitrogens with zero attached hydrogens (tertiary/aromatic N) is 1. The fourth-order valence-electron chi connectivity index (χ4n) is 2.64. The average molecular weight is 329 g/mol. The van der Waals surface area contributed by atoms with Crippen molar-refractivity contribution in [1.82, 2.24) is 5.32 Å². The van der Waals surface area contributed by atoms with Crippen LogP contribution in [0.4, 0.5) is 10.1 Å². The maximum absolute atomic E-state index is 14.2. The highest BCUT2D eigenvalue weighted by Crippen LogP contribution is 2.28. The van der Waals surface area contributed by atoms with E-state index in [1.54, 1.807) is 6.07 Å². The number of rotatable bonds is 3. The van der Waals surface area contributed by atoms with Crippen LogP contribution in [-0.2, 0) is 0 Å². The fourth-order valence-corrected chi connectivity index (χ4v) is 2.98. The van der Waals surface area contributed by atoms with Crippen molar-refractivity contribution in [3.63, 3.8) is 0 Å². The minimum Gasteiger partial charge on any atom is -0.363 e. The van der Waals surface area contributed by atoms with Gasteiger partial charge in [-0.1, -0.05) is 36.7 Å². The quantitative estimate of drug-likeness (QED) is 0.907. The Morgan fingerprint density at radius 2 is 2.21 bits per heavy atom. The van der Waals surface area contributed by atoms with E-state index in [-0.39, 0.29) is 5.82 Å². The highest BCUT2D eigenvalue weighted by Gasteiger charge is 2.29. The van der Waals surface area contributed by atoms with Crippen LogP contribution in [0.15, 0.2) is 22.7 Å². The lowest BCUT2D eigenvalue weighted by Crippen LogP contribution is -2.58. The second-order valence-electron chi connectivity index (χ2n) is 5.57. The summed E-state index contributed by atoms with van der Waals surface area (Å²) in [6, 6.07) is 6.13. The molecular weight excluding hydrogens is 307 g/mol. The van der Waals surface area contributed by atoms with E-state index in [1.807, 2.05) is 12.1 Å². The standard InChI is InChI=1S/C15H22BrFN2/c1-4-12-8-18-14(10(2)3)9-19(12)15-6-5-11(16)7-13(15)17/h5-7,10,12,14,18H,4,8-9H2,1-3H3. The molecule has 0 bridgehead atoms. The van der Waals surface area contributed by atoms with Crippen molar-refractivity contribution in [2.24, 2.45) is 5.92 Å². The third kappa shape index (κ3) is 3.29. The first-order valence-electron chi connectivity index (χ1n) is 6.98. The molecule has 1 fully saturated rings. The molecule has 1 aliphatic heterocycles. The Morgan fingerprint density at radius 3 is 2.79 bits per heavy atom. The van der Waals surface area contributed by atoms with Gasteiger partial charge in [-0.3, -0.25) is 0 Å². The first-order chi connectivity index (χ1) is 9.02. The molecule has 2 nitrogen and oxygen atoms in total. The Bertz CT molecular complexity index is 436. The molecule has 2 atom stereocenters. The molecule has 0 amide bonds. The summed E-state index contributed by atoms with van der Waals surface area (Å²) in [6.07, 6.45) is 1.02. The Hall–Kier alpha value is -0.610. The molecule has 1 N–H and O–H groups in total. The molecule has 1 heterocycles. The molecule has 2 unspecified atom stereocenters. The first-order valence-corrected chi connectivity index (χ1v) is 7.77. The summed E-state index contributed by atoms with van der Waals surface area (Å²) in [5, 5.41) is 3.58. The summed E-state index contributed by atoms with van der Waals surface area (Å²) in [6.45, 7) is 8.37. The van der Waals surface area contributed by atoms with E-state index in [4.69, 9.17) is 0 Å². The predicted molar refractivity (Wildman–Crippen MR) is 82.2 cm³/mol. The van der Waals surface area contributed by atoms with Crippen molar-refractivity contribution in [2.45, 2.75) is 39.3 Å². The monoisotopic (exact) mass is 328 g/mol. The van der Waals surface area contributed by atoms with Crippen molar-refractivity contribution in [1.29, 1.82) is 0 Å². The number of benzene rings is 1. The van der Waals surface area contributed by atoms with Crippen molar-refractivity contribution in [3.8, 4) is 0 Å². The van der Waals surface area contributed by atoms with E-state index in [1.165, 1.54) is 0 Å². The van der Waals surface area contributed by atoms with Crippen LogP contribution in [-0.4, -0.2) is 25.2 Å². The summed E-state index contributed by atoms with van der Waals surface area (Å²) in [5.74, 6) is 0.413. The average Bonchev–Trinajstić information content (AvgIpc) is 2.38. The smallest absolute Gasteiger partial charge is 0.147 e. The van der Waals surface area contributed by atoms with Crippen LogP contribution >= 0.6 is 15.9 Å². The molecule has 0 spiro atoms. The van der Waals surface area contributed by atoms with Crippen molar-refractivity contribution >= 4 is 21.6 Å². The van der Waals surface area contributed by atoms with E-state index < -0.39 is 0 Å². The molecule has 0 saturated carbocycles. The highest BCUT2D eigenvalue weighted by molar-refractivity contribution is 9.10. The minimum absolute atomic E-state index is 0.141. The third-order valence-electron chi connectivity index (χ3n) is 3.94. The molecule has 1 aliphatic rings. The Kier molecular flexibility index (Phi) is 4.85. The third-order valence-corrected chi connectivity index (χ3v) is 4.44. The van der Waals surface area contributed by atoms with Gasteiger partial charge in [0.05, 0.1) is 5.69 Å². The Labute approximate surface area is 123 Å². The van der Waals surface area contributed by atoms with Crippen LogP contribution in [0.2, 0.25) is 0 Å². The maximum atomic E-state index is 14.2. The normalized spacial score (nSPS) is 24.0. The van der Waals surface area contributed by atoms with Crippen LogP contribution < -0.4 is 10.2 Å². The summed E-state index contributed by atoms with van der Waals surface area (Å²) in [5.41, 5.74) is 0.724. The number of nitrogens with one attached hydrogen (secondary N) is 1. The van der Waals surface area contributed by atoms with Crippen molar-refractivity contribution in [2.75, 3.05) is 18.0 Å². The van der Waals surface area contributed by atoms with Gasteiger partial charge in [-0.2, -0.15) is 0 Å². The summed E-state index contributed by atoms with van der Waals surface area (Å²) >= 11 is 3.32. The largest absolute Gasteiger partial charge is 0.363 e. The SMILES string of the molecule is CCC1CNC(C(C)C)CN1c1ccc(Br)cc1F. The van der Waals surface area contributed by atoms with Crippen LogP contribution in [0.25, 0.3) is 0 Å². The van der Waals surface area contributed by atoms with Crippen LogP contribution in [0.3, 0.4) is 0 Å². The predicted octanol–water partition coefficient (Wildman–Crippen LogP) is 3.80. The maximum Gasteiger partial charge on any atom is 0.147 e. The number of hydrogen-bond acceptors (Lipinski definition) is 2. The van der Waals surface area contributed by atoms with Crippen LogP contribution in [0, 0.1) is 11.7 Å². The van der Waals surface area contributed by atoms with Crippen molar-refractivity contribution in [3.05, 3.63) is 28.5 Å². The van der Waals surface area contributed by atoms with Crippen LogP contribution in [0.5, 0.6) is 0 Å². The first kappa shape index (κ1) is 14.8. The lowest BCUT2D eigenvalue weighted by molar-refractivity contribution is 0.323. The van der Waals surface area contributed by atoms with Gasteiger partial charge in [0.15, 0.2) is 0 Å². The molecule has 1 aromatic carbocycles. The zero-order valence-corrected chi connectivity index (χ0v) is 13.4. The van der Waals surface area contributed by atoms with Gasteiger partial charge < -0.3 is 10.2 Å². The summed E-state index contributed by atoms with van der Waals surface area (Å²) in [7, 11) is 0. The molecule has 4 heteroatoms. The van der Waals surface area contributed by atoms with E-state index in [0.717, 1.165) is 29.7 Å². The minimum atomic E-state index is -0.141. The number of hydrogen-bond donors (Lipinski definition) is 1. The van der Waals surface area contributed by atoms with Gasteiger partial charge in [-0.25, -0.2) is 4.39 Å². The molecular formula is C15H22BrFN2. The Morgan fingerprint density at radius 1 is 1.47 bits per heavy atom. The number of anilines is 1. The molecule has 0 aromatic heterocycles. The van der Waals surface area contributed by atoms with Crippen molar-refractivity contribution < 1.29 is 4.39 Å². The van der Waals surface area contributed by atoms with Gasteiger partial charge >= 0.3 is 0 Å². The number of piperazine rings is 1. The zero-order chi connectivity index (χ0) is 14.0. The Balaban J connectivity index is 2.27. The van der Waals surface area contributed by atoms with E-state index >= 15 is 0 Å².